The van der Waals surface area contributed by atoms with Gasteiger partial charge in [0, 0.05) is 31.7 Å². The van der Waals surface area contributed by atoms with Gasteiger partial charge >= 0.3 is 5.97 Å². The van der Waals surface area contributed by atoms with Gasteiger partial charge in [-0.25, -0.2) is 0 Å². The van der Waals surface area contributed by atoms with Gasteiger partial charge < -0.3 is 20.6 Å². The predicted molar refractivity (Wildman–Crippen MR) is 128 cm³/mol. The normalized spacial score (nSPS) is 11.8. The second-order valence-corrected chi connectivity index (χ2v) is 8.06. The van der Waals surface area contributed by atoms with E-state index >= 15 is 0 Å². The zero-order chi connectivity index (χ0) is 24.3. The van der Waals surface area contributed by atoms with Gasteiger partial charge in [0.2, 0.25) is 0 Å². The molecule has 0 aliphatic rings. The van der Waals surface area contributed by atoms with Crippen molar-refractivity contribution in [1.29, 1.82) is 0 Å². The summed E-state index contributed by atoms with van der Waals surface area (Å²) in [6.45, 7) is 2.33. The van der Waals surface area contributed by atoms with Gasteiger partial charge in [-0.1, -0.05) is 35.3 Å². The fourth-order valence-electron chi connectivity index (χ4n) is 3.26. The smallest absolute Gasteiger partial charge is 0.305 e. The number of nitrogens with one attached hydrogen (secondary N) is 2. The highest BCUT2D eigenvalue weighted by atomic mass is 35.5. The Labute approximate surface area is 198 Å². The Bertz CT molecular complexity index is 1250. The second-order valence-electron chi connectivity index (χ2n) is 7.25. The van der Waals surface area contributed by atoms with Crippen LogP contribution in [0.4, 0.5) is 17.1 Å². The third-order valence-electron chi connectivity index (χ3n) is 5.09. The summed E-state index contributed by atoms with van der Waals surface area (Å²) in [4.78, 5) is 53.4. The van der Waals surface area contributed by atoms with Crippen LogP contribution >= 0.6 is 23.2 Å². The highest BCUT2D eigenvalue weighted by Crippen LogP contribution is 2.28. The van der Waals surface area contributed by atoms with Gasteiger partial charge in [-0.3, -0.25) is 24.2 Å². The average molecular weight is 491 g/mol. The van der Waals surface area contributed by atoms with Crippen LogP contribution in [-0.2, 0) is 4.79 Å². The fourth-order valence-corrected chi connectivity index (χ4v) is 3.79. The number of carboxylic acids is 1. The van der Waals surface area contributed by atoms with Crippen LogP contribution in [0.25, 0.3) is 0 Å². The third-order valence-corrected chi connectivity index (χ3v) is 5.66. The molecule has 1 amide bonds. The van der Waals surface area contributed by atoms with Gasteiger partial charge in [-0.15, -0.1) is 0 Å². The average Bonchev–Trinajstić information content (AvgIpc) is 2.77. The molecule has 33 heavy (non-hydrogen) atoms. The Morgan fingerprint density at radius 3 is 2.24 bits per heavy atom. The van der Waals surface area contributed by atoms with E-state index in [2.05, 4.69) is 15.6 Å². The maximum atomic E-state index is 12.5. The number of aliphatic carboxylic acids is 1. The van der Waals surface area contributed by atoms with Crippen LogP contribution in [0.15, 0.2) is 46.2 Å². The van der Waals surface area contributed by atoms with E-state index < -0.39 is 28.8 Å². The first kappa shape index (κ1) is 24.2. The number of carboxylic acid groups (broad SMARTS) is 1. The number of halogens is 2. The Hall–Kier alpha value is -3.43. The predicted octanol–water partition coefficient (Wildman–Crippen LogP) is 3.32. The first-order valence-electron chi connectivity index (χ1n) is 9.87. The van der Waals surface area contributed by atoms with Gasteiger partial charge in [0.25, 0.3) is 16.8 Å². The molecule has 0 saturated carbocycles. The standard InChI is InChI=1S/C22H20Cl2N4O5/c1-3-28(2)19-18(20(31)21(19)32)27-15(8-16(29)30)11-4-6-12(7-5-11)26-22(33)17-13(23)9-25-10-14(17)24/h4-7,9-10,15,27H,3,8H2,1-2H3,(H,26,33)(H,29,30). The van der Waals surface area contributed by atoms with Crippen LogP contribution in [0.3, 0.4) is 0 Å². The maximum Gasteiger partial charge on any atom is 0.305 e. The number of anilines is 3. The van der Waals surface area contributed by atoms with Crippen LogP contribution in [0, 0.1) is 0 Å². The summed E-state index contributed by atoms with van der Waals surface area (Å²) in [5, 5.41) is 15.1. The zero-order valence-corrected chi connectivity index (χ0v) is 19.2. The summed E-state index contributed by atoms with van der Waals surface area (Å²) < 4.78 is 0. The van der Waals surface area contributed by atoms with E-state index in [-0.39, 0.29) is 33.4 Å². The molecule has 1 atom stereocenters. The molecule has 1 unspecified atom stereocenters. The molecule has 0 radical (unpaired) electrons. The van der Waals surface area contributed by atoms with Crippen molar-refractivity contribution < 1.29 is 14.7 Å². The number of aromatic nitrogens is 1. The summed E-state index contributed by atoms with van der Waals surface area (Å²) in [5.41, 5.74) is 0.0762. The lowest BCUT2D eigenvalue weighted by Crippen LogP contribution is -2.41. The number of hydrogen-bond donors (Lipinski definition) is 3. The quantitative estimate of drug-likeness (QED) is 0.389. The van der Waals surface area contributed by atoms with E-state index in [0.29, 0.717) is 17.8 Å². The van der Waals surface area contributed by atoms with Crippen LogP contribution in [0.5, 0.6) is 0 Å². The minimum atomic E-state index is -1.09. The first-order valence-corrected chi connectivity index (χ1v) is 10.6. The lowest BCUT2D eigenvalue weighted by atomic mass is 10.0. The number of hydrogen-bond acceptors (Lipinski definition) is 7. The first-order chi connectivity index (χ1) is 15.6. The van der Waals surface area contributed by atoms with Gasteiger partial charge in [-0.2, -0.15) is 0 Å². The topological polar surface area (TPSA) is 129 Å². The van der Waals surface area contributed by atoms with Crippen molar-refractivity contribution in [2.24, 2.45) is 0 Å². The fraction of sp³-hybridized carbons (Fsp3) is 0.227. The van der Waals surface area contributed by atoms with Crippen LogP contribution in [-0.4, -0.2) is 35.6 Å². The van der Waals surface area contributed by atoms with Crippen molar-refractivity contribution in [3.8, 4) is 0 Å². The highest BCUT2D eigenvalue weighted by molar-refractivity contribution is 6.40. The van der Waals surface area contributed by atoms with Crippen molar-refractivity contribution in [2.45, 2.75) is 19.4 Å². The third kappa shape index (κ3) is 5.15. The Morgan fingerprint density at radius 2 is 1.70 bits per heavy atom. The van der Waals surface area contributed by atoms with E-state index in [1.807, 2.05) is 6.92 Å². The minimum absolute atomic E-state index is 0.0792. The highest BCUT2D eigenvalue weighted by Gasteiger charge is 2.27. The number of carbonyl (C=O) groups excluding carboxylic acids is 1. The van der Waals surface area contributed by atoms with Gasteiger partial charge in [0.1, 0.15) is 11.4 Å². The van der Waals surface area contributed by atoms with Gasteiger partial charge in [0.05, 0.1) is 28.1 Å². The molecular formula is C22H20Cl2N4O5. The molecule has 0 saturated heterocycles. The van der Waals surface area contributed by atoms with E-state index in [1.54, 1.807) is 36.2 Å². The number of pyridine rings is 1. The van der Waals surface area contributed by atoms with Crippen LogP contribution < -0.4 is 26.4 Å². The molecule has 1 heterocycles. The Balaban J connectivity index is 1.82. The van der Waals surface area contributed by atoms with E-state index in [1.165, 1.54) is 12.4 Å². The largest absolute Gasteiger partial charge is 0.481 e. The summed E-state index contributed by atoms with van der Waals surface area (Å²) in [7, 11) is 1.67. The molecule has 9 nitrogen and oxygen atoms in total. The zero-order valence-electron chi connectivity index (χ0n) is 17.7. The van der Waals surface area contributed by atoms with Crippen molar-refractivity contribution in [3.63, 3.8) is 0 Å². The van der Waals surface area contributed by atoms with Crippen molar-refractivity contribution in [1.82, 2.24) is 4.98 Å². The molecule has 0 fully saturated rings. The Kier molecular flexibility index (Phi) is 7.35. The molecule has 0 aliphatic heterocycles. The molecule has 3 N–H and O–H groups in total. The van der Waals surface area contributed by atoms with E-state index in [0.717, 1.165) is 0 Å². The number of benzene rings is 1. The summed E-state index contributed by atoms with van der Waals surface area (Å²) in [5.74, 6) is -1.62. The molecule has 0 spiro atoms. The maximum absolute atomic E-state index is 12.5. The van der Waals surface area contributed by atoms with Gasteiger partial charge in [0.15, 0.2) is 0 Å². The number of rotatable bonds is 9. The summed E-state index contributed by atoms with van der Waals surface area (Å²) in [6, 6.07) is 5.60. The molecule has 172 valence electrons. The second kappa shape index (κ2) is 10.0. The lowest BCUT2D eigenvalue weighted by Gasteiger charge is -2.25. The van der Waals surface area contributed by atoms with Crippen molar-refractivity contribution in [3.05, 3.63) is 78.3 Å². The molecule has 1 aromatic heterocycles. The van der Waals surface area contributed by atoms with E-state index in [9.17, 15) is 24.3 Å². The number of nitrogens with zero attached hydrogens (tertiary/aromatic N) is 2. The number of amides is 1. The van der Waals surface area contributed by atoms with Crippen LogP contribution in [0.1, 0.15) is 35.3 Å². The van der Waals surface area contributed by atoms with Crippen molar-refractivity contribution >= 4 is 52.1 Å². The summed E-state index contributed by atoms with van der Waals surface area (Å²) in [6.07, 6.45) is 2.28. The van der Waals surface area contributed by atoms with Gasteiger partial charge in [-0.05, 0) is 24.6 Å². The van der Waals surface area contributed by atoms with E-state index in [4.69, 9.17) is 23.2 Å². The molecule has 0 bridgehead atoms. The van der Waals surface area contributed by atoms with Crippen molar-refractivity contribution in [2.75, 3.05) is 29.1 Å². The summed E-state index contributed by atoms with van der Waals surface area (Å²) >= 11 is 12.0. The Morgan fingerprint density at radius 1 is 1.09 bits per heavy atom. The molecule has 0 aliphatic carbocycles. The molecular weight excluding hydrogens is 471 g/mol. The monoisotopic (exact) mass is 490 g/mol. The van der Waals surface area contributed by atoms with Crippen LogP contribution in [0.2, 0.25) is 10.0 Å². The minimum Gasteiger partial charge on any atom is -0.481 e. The SMILES string of the molecule is CCN(C)c1c(NC(CC(=O)O)c2ccc(NC(=O)c3c(Cl)cncc3Cl)cc2)c(=O)c1=O. The lowest BCUT2D eigenvalue weighted by molar-refractivity contribution is -0.137. The number of carbonyl (C=O) groups is 2. The molecule has 3 rings (SSSR count). The molecule has 2 aromatic carbocycles. The molecule has 11 heteroatoms. The molecule has 3 aromatic rings.